The Kier molecular flexibility index (Phi) is 2.82. The van der Waals surface area contributed by atoms with Crippen LogP contribution in [0.4, 0.5) is 4.39 Å². The molecule has 0 bridgehead atoms. The summed E-state index contributed by atoms with van der Waals surface area (Å²) in [7, 11) is 0. The molecule has 0 N–H and O–H groups in total. The van der Waals surface area contributed by atoms with E-state index in [0.29, 0.717) is 0 Å². The average Bonchev–Trinajstić information content (AvgIpc) is 2.10. The maximum Gasteiger partial charge on any atom is 0.276 e. The maximum absolute atomic E-state index is 12.2. The van der Waals surface area contributed by atoms with Gasteiger partial charge in [-0.25, -0.2) is 11.0 Å². The summed E-state index contributed by atoms with van der Waals surface area (Å²) in [6.45, 7) is 8.10. The van der Waals surface area contributed by atoms with E-state index in [4.69, 9.17) is 6.57 Å². The van der Waals surface area contributed by atoms with Gasteiger partial charge >= 0.3 is 0 Å². The SMILES string of the molecule is [C-]#[N+]C(CF)c1ccc(C)cc1. The molecule has 0 aliphatic carbocycles. The molecule has 1 aromatic rings. The molecule has 0 aliphatic heterocycles. The third-order valence-corrected chi connectivity index (χ3v) is 1.76. The molecule has 0 amide bonds. The molecule has 1 nitrogen and oxygen atoms in total. The van der Waals surface area contributed by atoms with Crippen LogP contribution in [0.1, 0.15) is 17.2 Å². The molecule has 0 spiro atoms. The molecule has 2 heteroatoms. The molecule has 0 aromatic heterocycles. The first-order valence-electron chi connectivity index (χ1n) is 3.77. The molecule has 0 radical (unpaired) electrons. The van der Waals surface area contributed by atoms with Crippen LogP contribution in [-0.4, -0.2) is 6.67 Å². The predicted octanol–water partition coefficient (Wildman–Crippen LogP) is 2.92. The van der Waals surface area contributed by atoms with Gasteiger partial charge in [-0.2, -0.15) is 0 Å². The molecule has 0 saturated carbocycles. The smallest absolute Gasteiger partial charge is 0.276 e. The Morgan fingerprint density at radius 2 is 2.00 bits per heavy atom. The molecular formula is C10H10FN. The standard InChI is InChI=1S/C10H10FN/c1-8-3-5-9(6-4-8)10(7-11)12-2/h3-6,10H,7H2,1H3. The summed E-state index contributed by atoms with van der Waals surface area (Å²) in [6.07, 6.45) is 0. The van der Waals surface area contributed by atoms with Gasteiger partial charge in [0.15, 0.2) is 6.67 Å². The van der Waals surface area contributed by atoms with Gasteiger partial charge in [-0.15, -0.1) is 0 Å². The molecule has 1 unspecified atom stereocenters. The van der Waals surface area contributed by atoms with Crippen LogP contribution in [0, 0.1) is 13.5 Å². The fourth-order valence-corrected chi connectivity index (χ4v) is 0.987. The highest BCUT2D eigenvalue weighted by atomic mass is 19.1. The Morgan fingerprint density at radius 3 is 2.42 bits per heavy atom. The van der Waals surface area contributed by atoms with Gasteiger partial charge in [0.25, 0.3) is 6.04 Å². The van der Waals surface area contributed by atoms with Gasteiger partial charge in [-0.3, -0.25) is 0 Å². The molecular weight excluding hydrogens is 153 g/mol. The monoisotopic (exact) mass is 163 g/mol. The minimum Gasteiger partial charge on any atom is -0.306 e. The van der Waals surface area contributed by atoms with Crippen molar-refractivity contribution in [3.63, 3.8) is 0 Å². The maximum atomic E-state index is 12.2. The third-order valence-electron chi connectivity index (χ3n) is 1.76. The molecule has 0 fully saturated rings. The van der Waals surface area contributed by atoms with Crippen molar-refractivity contribution in [1.29, 1.82) is 0 Å². The van der Waals surface area contributed by atoms with Crippen molar-refractivity contribution in [1.82, 2.24) is 0 Å². The van der Waals surface area contributed by atoms with E-state index in [1.807, 2.05) is 19.1 Å². The number of halogens is 1. The number of rotatable bonds is 2. The van der Waals surface area contributed by atoms with E-state index in [1.54, 1.807) is 12.1 Å². The predicted molar refractivity (Wildman–Crippen MR) is 46.5 cm³/mol. The lowest BCUT2D eigenvalue weighted by Crippen LogP contribution is -1.94. The number of aryl methyl sites for hydroxylation is 1. The van der Waals surface area contributed by atoms with Crippen LogP contribution in [0.5, 0.6) is 0 Å². The van der Waals surface area contributed by atoms with Crippen LogP contribution >= 0.6 is 0 Å². The lowest BCUT2D eigenvalue weighted by molar-refractivity contribution is 0.465. The van der Waals surface area contributed by atoms with E-state index < -0.39 is 12.7 Å². The highest BCUT2D eigenvalue weighted by molar-refractivity contribution is 5.25. The molecule has 1 atom stereocenters. The number of hydrogen-bond acceptors (Lipinski definition) is 0. The minimum atomic E-state index is -0.620. The van der Waals surface area contributed by atoms with E-state index in [-0.39, 0.29) is 0 Å². The summed E-state index contributed by atoms with van der Waals surface area (Å²) in [5.41, 5.74) is 1.89. The van der Waals surface area contributed by atoms with Crippen molar-refractivity contribution < 1.29 is 4.39 Å². The molecule has 1 rings (SSSR count). The fourth-order valence-electron chi connectivity index (χ4n) is 0.987. The molecule has 12 heavy (non-hydrogen) atoms. The summed E-state index contributed by atoms with van der Waals surface area (Å²) in [5.74, 6) is 0. The van der Waals surface area contributed by atoms with Gasteiger partial charge < -0.3 is 4.85 Å². The second kappa shape index (κ2) is 3.87. The van der Waals surface area contributed by atoms with Crippen molar-refractivity contribution in [3.05, 3.63) is 46.8 Å². The number of benzene rings is 1. The fraction of sp³-hybridized carbons (Fsp3) is 0.300. The Balaban J connectivity index is 2.89. The zero-order valence-electron chi connectivity index (χ0n) is 6.92. The van der Waals surface area contributed by atoms with Crippen LogP contribution in [0.3, 0.4) is 0 Å². The lowest BCUT2D eigenvalue weighted by Gasteiger charge is -2.00. The van der Waals surface area contributed by atoms with E-state index in [9.17, 15) is 4.39 Å². The highest BCUT2D eigenvalue weighted by Crippen LogP contribution is 2.17. The summed E-state index contributed by atoms with van der Waals surface area (Å²) >= 11 is 0. The van der Waals surface area contributed by atoms with Crippen LogP contribution in [0.2, 0.25) is 0 Å². The summed E-state index contributed by atoms with van der Waals surface area (Å²) in [5, 5.41) is 0. The molecule has 62 valence electrons. The molecule has 0 saturated heterocycles. The first-order chi connectivity index (χ1) is 5.77. The van der Waals surface area contributed by atoms with Crippen LogP contribution in [0.25, 0.3) is 4.85 Å². The first kappa shape index (κ1) is 8.73. The average molecular weight is 163 g/mol. The second-order valence-electron chi connectivity index (χ2n) is 2.71. The highest BCUT2D eigenvalue weighted by Gasteiger charge is 2.13. The normalized spacial score (nSPS) is 12.1. The van der Waals surface area contributed by atoms with Crippen LogP contribution < -0.4 is 0 Å². The summed E-state index contributed by atoms with van der Waals surface area (Å²) in [4.78, 5) is 3.18. The first-order valence-corrected chi connectivity index (χ1v) is 3.77. The van der Waals surface area contributed by atoms with Crippen LogP contribution in [-0.2, 0) is 0 Å². The van der Waals surface area contributed by atoms with E-state index in [1.165, 1.54) is 0 Å². The van der Waals surface area contributed by atoms with E-state index in [2.05, 4.69) is 4.85 Å². The quantitative estimate of drug-likeness (QED) is 0.590. The number of alkyl halides is 1. The zero-order chi connectivity index (χ0) is 8.97. The minimum absolute atomic E-state index is 0.605. The number of hydrogen-bond donors (Lipinski definition) is 0. The molecule has 0 heterocycles. The molecule has 0 aliphatic rings. The van der Waals surface area contributed by atoms with Gasteiger partial charge in [-0.1, -0.05) is 29.8 Å². The molecule has 1 aromatic carbocycles. The zero-order valence-corrected chi connectivity index (χ0v) is 6.92. The van der Waals surface area contributed by atoms with Gasteiger partial charge in [-0.05, 0) is 6.92 Å². The Morgan fingerprint density at radius 1 is 1.42 bits per heavy atom. The van der Waals surface area contributed by atoms with Gasteiger partial charge in [0.1, 0.15) is 0 Å². The summed E-state index contributed by atoms with van der Waals surface area (Å²) in [6, 6.07) is 6.77. The van der Waals surface area contributed by atoms with Crippen molar-refractivity contribution in [2.45, 2.75) is 13.0 Å². The Hall–Kier alpha value is -1.36. The lowest BCUT2D eigenvalue weighted by atomic mass is 10.1. The third kappa shape index (κ3) is 1.82. The largest absolute Gasteiger partial charge is 0.306 e. The van der Waals surface area contributed by atoms with Crippen molar-refractivity contribution in [2.24, 2.45) is 0 Å². The number of nitrogens with zero attached hydrogens (tertiary/aromatic N) is 1. The topological polar surface area (TPSA) is 4.36 Å². The van der Waals surface area contributed by atoms with Gasteiger partial charge in [0.05, 0.1) is 0 Å². The van der Waals surface area contributed by atoms with E-state index >= 15 is 0 Å². The van der Waals surface area contributed by atoms with Gasteiger partial charge in [0.2, 0.25) is 0 Å². The van der Waals surface area contributed by atoms with Crippen molar-refractivity contribution in [2.75, 3.05) is 6.67 Å². The van der Waals surface area contributed by atoms with Crippen LogP contribution in [0.15, 0.2) is 24.3 Å². The summed E-state index contributed by atoms with van der Waals surface area (Å²) < 4.78 is 12.2. The Labute approximate surface area is 71.7 Å². The second-order valence-corrected chi connectivity index (χ2v) is 2.71. The van der Waals surface area contributed by atoms with Gasteiger partial charge in [0, 0.05) is 5.56 Å². The Bertz CT molecular complexity index is 284. The van der Waals surface area contributed by atoms with E-state index in [0.717, 1.165) is 11.1 Å². The van der Waals surface area contributed by atoms with Crippen molar-refractivity contribution >= 4 is 0 Å². The van der Waals surface area contributed by atoms with Crippen molar-refractivity contribution in [3.8, 4) is 0 Å².